The summed E-state index contributed by atoms with van der Waals surface area (Å²) in [6.07, 6.45) is -1.45. The predicted octanol–water partition coefficient (Wildman–Crippen LogP) is 5.88. The Morgan fingerprint density at radius 1 is 1.02 bits per heavy atom. The van der Waals surface area contributed by atoms with E-state index in [1.165, 1.54) is 13.2 Å². The summed E-state index contributed by atoms with van der Waals surface area (Å²) in [6.45, 7) is 3.93. The summed E-state index contributed by atoms with van der Waals surface area (Å²) in [5.74, 6) is 6.87. The van der Waals surface area contributed by atoms with Gasteiger partial charge in [0, 0.05) is 18.7 Å². The van der Waals surface area contributed by atoms with Crippen LogP contribution < -0.4 is 9.47 Å². The molecule has 1 aliphatic heterocycles. The lowest BCUT2D eigenvalue weighted by atomic mass is 9.95. The number of ether oxygens (including phenoxy) is 3. The predicted molar refractivity (Wildman–Crippen MR) is 158 cm³/mol. The third kappa shape index (κ3) is 9.37. The number of rotatable bonds is 9. The van der Waals surface area contributed by atoms with E-state index in [9.17, 15) is 23.1 Å². The summed E-state index contributed by atoms with van der Waals surface area (Å²) < 4.78 is 56.5. The van der Waals surface area contributed by atoms with Crippen molar-refractivity contribution in [2.24, 2.45) is 0 Å². The molecule has 9 heteroatoms. The van der Waals surface area contributed by atoms with Gasteiger partial charge in [-0.1, -0.05) is 36.1 Å². The zero-order chi connectivity index (χ0) is 30.8. The second-order valence-corrected chi connectivity index (χ2v) is 10.2. The molecule has 0 saturated carbocycles. The molecule has 226 valence electrons. The zero-order valence-electron chi connectivity index (χ0n) is 24.1. The summed E-state index contributed by atoms with van der Waals surface area (Å²) >= 11 is 0. The summed E-state index contributed by atoms with van der Waals surface area (Å²) in [7, 11) is 1.28. The number of halogens is 3. The summed E-state index contributed by atoms with van der Waals surface area (Å²) in [4.78, 5) is 13.6. The van der Waals surface area contributed by atoms with Crippen LogP contribution in [0.15, 0.2) is 72.8 Å². The summed E-state index contributed by atoms with van der Waals surface area (Å²) in [5, 5.41) is 9.66. The molecular weight excluding hydrogens is 559 g/mol. The SMILES string of the molecule is COC(=O)COc1ccc(OC/C=C(\c2ccc(C#CCN3CCC(O)CC3)cc2)c2cccc(C(F)(F)F)c2)cc1C. The van der Waals surface area contributed by atoms with E-state index >= 15 is 0 Å². The number of hydrogen-bond acceptors (Lipinski definition) is 6. The molecule has 1 saturated heterocycles. The lowest BCUT2D eigenvalue weighted by molar-refractivity contribution is -0.143. The number of carbonyl (C=O) groups is 1. The van der Waals surface area contributed by atoms with Gasteiger partial charge in [-0.25, -0.2) is 4.79 Å². The molecule has 3 aromatic carbocycles. The monoisotopic (exact) mass is 593 g/mol. The largest absolute Gasteiger partial charge is 0.489 e. The van der Waals surface area contributed by atoms with Crippen LogP contribution in [0.25, 0.3) is 5.57 Å². The molecule has 0 amide bonds. The normalized spacial score (nSPS) is 14.5. The van der Waals surface area contributed by atoms with E-state index in [1.54, 1.807) is 30.3 Å². The lowest BCUT2D eigenvalue weighted by Crippen LogP contribution is -2.35. The minimum atomic E-state index is -4.47. The van der Waals surface area contributed by atoms with Crippen LogP contribution >= 0.6 is 0 Å². The molecule has 0 atom stereocenters. The lowest BCUT2D eigenvalue weighted by Gasteiger charge is -2.27. The molecule has 0 aromatic heterocycles. The maximum Gasteiger partial charge on any atom is 0.416 e. The summed E-state index contributed by atoms with van der Waals surface area (Å²) in [6, 6.07) is 17.7. The van der Waals surface area contributed by atoms with Crippen LogP contribution in [0.2, 0.25) is 0 Å². The highest BCUT2D eigenvalue weighted by molar-refractivity contribution is 5.80. The molecule has 0 aliphatic carbocycles. The Balaban J connectivity index is 1.51. The number of nitrogens with zero attached hydrogens (tertiary/aromatic N) is 1. The van der Waals surface area contributed by atoms with Crippen molar-refractivity contribution in [3.63, 3.8) is 0 Å². The van der Waals surface area contributed by atoms with Gasteiger partial charge in [-0.2, -0.15) is 13.2 Å². The van der Waals surface area contributed by atoms with Crippen LogP contribution in [-0.4, -0.2) is 62.0 Å². The fraction of sp³-hybridized carbons (Fsp3) is 0.324. The Hall–Kier alpha value is -4.26. The van der Waals surface area contributed by atoms with E-state index in [0.717, 1.165) is 54.8 Å². The molecule has 0 radical (unpaired) electrons. The Morgan fingerprint density at radius 3 is 2.44 bits per heavy atom. The third-order valence-electron chi connectivity index (χ3n) is 7.05. The van der Waals surface area contributed by atoms with Gasteiger partial charge in [-0.3, -0.25) is 4.90 Å². The van der Waals surface area contributed by atoms with Crippen molar-refractivity contribution in [3.05, 3.63) is 101 Å². The van der Waals surface area contributed by atoms with Crippen molar-refractivity contribution >= 4 is 11.5 Å². The van der Waals surface area contributed by atoms with E-state index < -0.39 is 17.7 Å². The van der Waals surface area contributed by atoms with E-state index in [1.807, 2.05) is 31.2 Å². The van der Waals surface area contributed by atoms with Gasteiger partial charge >= 0.3 is 12.1 Å². The molecule has 43 heavy (non-hydrogen) atoms. The third-order valence-corrected chi connectivity index (χ3v) is 7.05. The van der Waals surface area contributed by atoms with Crippen molar-refractivity contribution in [3.8, 4) is 23.3 Å². The maximum absolute atomic E-state index is 13.5. The topological polar surface area (TPSA) is 68.2 Å². The molecule has 1 aliphatic rings. The Bertz CT molecular complexity index is 1480. The number of esters is 1. The van der Waals surface area contributed by atoms with Crippen LogP contribution in [0.5, 0.6) is 11.5 Å². The highest BCUT2D eigenvalue weighted by atomic mass is 19.4. The highest BCUT2D eigenvalue weighted by Crippen LogP contribution is 2.33. The second-order valence-electron chi connectivity index (χ2n) is 10.2. The fourth-order valence-corrected chi connectivity index (χ4v) is 4.62. The first-order chi connectivity index (χ1) is 20.6. The minimum absolute atomic E-state index is 0.0967. The van der Waals surface area contributed by atoms with E-state index in [0.29, 0.717) is 29.2 Å². The Kier molecular flexibility index (Phi) is 10.9. The van der Waals surface area contributed by atoms with Gasteiger partial charge in [-0.05, 0) is 90.6 Å². The molecule has 6 nitrogen and oxygen atoms in total. The standard InChI is InChI=1S/C34H34F3NO5/c1-24-21-30(12-13-32(24)43-23-33(40)41-2)42-20-16-31(27-6-3-7-28(22-27)34(35,36)37)26-10-8-25(9-11-26)5-4-17-38-18-14-29(39)15-19-38/h3,6-13,16,21-22,29,39H,14-15,17-20,23H2,1-2H3/b31-16+. The van der Waals surface area contributed by atoms with E-state index in [4.69, 9.17) is 9.47 Å². The first-order valence-corrected chi connectivity index (χ1v) is 13.9. The van der Waals surface area contributed by atoms with Crippen molar-refractivity contribution in [2.45, 2.75) is 32.0 Å². The number of alkyl halides is 3. The van der Waals surface area contributed by atoms with Crippen LogP contribution in [0.4, 0.5) is 13.2 Å². The van der Waals surface area contributed by atoms with Gasteiger partial charge < -0.3 is 19.3 Å². The van der Waals surface area contributed by atoms with Gasteiger partial charge in [0.25, 0.3) is 0 Å². The number of likely N-dealkylation sites (tertiary alicyclic amines) is 1. The molecule has 3 aromatic rings. The molecule has 1 fully saturated rings. The smallest absolute Gasteiger partial charge is 0.416 e. The maximum atomic E-state index is 13.5. The van der Waals surface area contributed by atoms with Gasteiger partial charge in [-0.15, -0.1) is 0 Å². The van der Waals surface area contributed by atoms with Gasteiger partial charge in [0.2, 0.25) is 0 Å². The Morgan fingerprint density at radius 2 is 1.77 bits per heavy atom. The van der Waals surface area contributed by atoms with Crippen LogP contribution in [-0.2, 0) is 15.7 Å². The van der Waals surface area contributed by atoms with Crippen molar-refractivity contribution < 1.29 is 37.3 Å². The number of aryl methyl sites for hydroxylation is 1. The molecular formula is C34H34F3NO5. The minimum Gasteiger partial charge on any atom is -0.489 e. The first-order valence-electron chi connectivity index (χ1n) is 13.9. The van der Waals surface area contributed by atoms with Crippen LogP contribution in [0.3, 0.4) is 0 Å². The number of hydrogen-bond donors (Lipinski definition) is 1. The zero-order valence-corrected chi connectivity index (χ0v) is 24.1. The van der Waals surface area contributed by atoms with Gasteiger partial charge in [0.05, 0.1) is 25.3 Å². The van der Waals surface area contributed by atoms with Crippen molar-refractivity contribution in [2.75, 3.05) is 40.0 Å². The first kappa shape index (κ1) is 31.7. The average molecular weight is 594 g/mol. The van der Waals surface area contributed by atoms with Gasteiger partial charge in [0.15, 0.2) is 6.61 Å². The number of aliphatic hydroxyl groups excluding tert-OH is 1. The van der Waals surface area contributed by atoms with Gasteiger partial charge in [0.1, 0.15) is 18.1 Å². The number of methoxy groups -OCH3 is 1. The van der Waals surface area contributed by atoms with Crippen LogP contribution in [0.1, 0.15) is 40.7 Å². The molecule has 0 unspecified atom stereocenters. The van der Waals surface area contributed by atoms with Crippen molar-refractivity contribution in [1.29, 1.82) is 0 Å². The second kappa shape index (κ2) is 14.8. The number of aliphatic hydroxyl groups is 1. The molecule has 1 heterocycles. The van der Waals surface area contributed by atoms with Crippen LogP contribution in [0, 0.1) is 18.8 Å². The number of carbonyl (C=O) groups excluding carboxylic acids is 1. The number of benzene rings is 3. The fourth-order valence-electron chi connectivity index (χ4n) is 4.62. The Labute approximate surface area is 249 Å². The average Bonchev–Trinajstić information content (AvgIpc) is 3.00. The number of piperidine rings is 1. The quantitative estimate of drug-likeness (QED) is 0.247. The summed E-state index contributed by atoms with van der Waals surface area (Å²) in [5.41, 5.74) is 2.53. The molecule has 1 N–H and O–H groups in total. The molecule has 0 spiro atoms. The van der Waals surface area contributed by atoms with Crippen molar-refractivity contribution in [1.82, 2.24) is 4.90 Å². The molecule has 0 bridgehead atoms. The van der Waals surface area contributed by atoms with E-state index in [2.05, 4.69) is 21.5 Å². The van der Waals surface area contributed by atoms with E-state index in [-0.39, 0.29) is 19.3 Å². The highest BCUT2D eigenvalue weighted by Gasteiger charge is 2.30. The molecule has 4 rings (SSSR count).